The molecule has 2 heterocycles. The summed E-state index contributed by atoms with van der Waals surface area (Å²) in [5.41, 5.74) is 3.05. The Hall–Kier alpha value is -3.52. The van der Waals surface area contributed by atoms with Crippen molar-refractivity contribution in [1.29, 1.82) is 0 Å². The van der Waals surface area contributed by atoms with Gasteiger partial charge in [0.15, 0.2) is 6.61 Å². The molecule has 1 saturated heterocycles. The number of fused-ring (bicyclic) bond motifs is 1. The number of carbonyl (C=O) groups is 2. The minimum atomic E-state index is -0.503. The number of anilines is 2. The SMILES string of the molecule is COc1ccc2c(CC(=O)OCC(=O)Nc3ccc(N4CCOCC4)cc3)coc2c1. The maximum Gasteiger partial charge on any atom is 0.310 e. The Balaban J connectivity index is 1.26. The normalized spacial score (nSPS) is 13.8. The Bertz CT molecular complexity index is 1050. The molecule has 0 radical (unpaired) electrons. The van der Waals surface area contributed by atoms with Gasteiger partial charge in [-0.2, -0.15) is 0 Å². The molecular weight excluding hydrogens is 400 g/mol. The highest BCUT2D eigenvalue weighted by Crippen LogP contribution is 2.26. The lowest BCUT2D eigenvalue weighted by Gasteiger charge is -2.28. The van der Waals surface area contributed by atoms with Crippen molar-refractivity contribution in [2.24, 2.45) is 0 Å². The van der Waals surface area contributed by atoms with E-state index >= 15 is 0 Å². The third-order valence-electron chi connectivity index (χ3n) is 5.09. The number of ether oxygens (including phenoxy) is 3. The van der Waals surface area contributed by atoms with Gasteiger partial charge in [-0.25, -0.2) is 0 Å². The minimum absolute atomic E-state index is 0.0147. The van der Waals surface area contributed by atoms with Gasteiger partial charge in [-0.1, -0.05) is 0 Å². The first kappa shape index (κ1) is 20.7. The zero-order chi connectivity index (χ0) is 21.6. The van der Waals surface area contributed by atoms with Gasteiger partial charge >= 0.3 is 5.97 Å². The molecule has 1 N–H and O–H groups in total. The molecule has 1 amide bonds. The van der Waals surface area contributed by atoms with Crippen LogP contribution in [0.4, 0.5) is 11.4 Å². The van der Waals surface area contributed by atoms with Crippen LogP contribution < -0.4 is 15.0 Å². The largest absolute Gasteiger partial charge is 0.497 e. The third kappa shape index (κ3) is 5.16. The second-order valence-electron chi connectivity index (χ2n) is 7.15. The Morgan fingerprint density at radius 3 is 2.61 bits per heavy atom. The second kappa shape index (κ2) is 9.53. The predicted octanol–water partition coefficient (Wildman–Crippen LogP) is 3.00. The number of carbonyl (C=O) groups excluding carboxylic acids is 2. The van der Waals surface area contributed by atoms with Crippen LogP contribution in [0, 0.1) is 0 Å². The second-order valence-corrected chi connectivity index (χ2v) is 7.15. The standard InChI is InChI=1S/C23H24N2O6/c1-28-19-6-7-20-16(14-30-21(20)13-19)12-23(27)31-15-22(26)24-17-2-4-18(5-3-17)25-8-10-29-11-9-25/h2-7,13-14H,8-12,15H2,1H3,(H,24,26). The molecule has 1 aliphatic heterocycles. The van der Waals surface area contributed by atoms with Crippen molar-refractivity contribution < 1.29 is 28.2 Å². The van der Waals surface area contributed by atoms with E-state index in [0.29, 0.717) is 35.8 Å². The van der Waals surface area contributed by atoms with Gasteiger partial charge in [-0.05, 0) is 36.4 Å². The minimum Gasteiger partial charge on any atom is -0.497 e. The van der Waals surface area contributed by atoms with Gasteiger partial charge in [0.05, 0.1) is 33.0 Å². The van der Waals surface area contributed by atoms with Crippen molar-refractivity contribution in [2.75, 3.05) is 50.2 Å². The third-order valence-corrected chi connectivity index (χ3v) is 5.09. The number of hydrogen-bond donors (Lipinski definition) is 1. The first-order valence-corrected chi connectivity index (χ1v) is 10.0. The summed E-state index contributed by atoms with van der Waals surface area (Å²) < 4.78 is 21.1. The fourth-order valence-electron chi connectivity index (χ4n) is 3.45. The number of benzene rings is 2. The van der Waals surface area contributed by atoms with Gasteiger partial charge < -0.3 is 28.8 Å². The smallest absolute Gasteiger partial charge is 0.310 e. The molecule has 0 spiro atoms. The summed E-state index contributed by atoms with van der Waals surface area (Å²) in [6.07, 6.45) is 1.53. The van der Waals surface area contributed by atoms with Gasteiger partial charge in [0.2, 0.25) is 0 Å². The van der Waals surface area contributed by atoms with Gasteiger partial charge in [-0.15, -0.1) is 0 Å². The average Bonchev–Trinajstić information content (AvgIpc) is 3.20. The molecule has 1 fully saturated rings. The monoisotopic (exact) mass is 424 g/mol. The number of morpholine rings is 1. The Morgan fingerprint density at radius 1 is 1.10 bits per heavy atom. The quantitative estimate of drug-likeness (QED) is 0.583. The number of furan rings is 1. The van der Waals surface area contributed by atoms with E-state index in [9.17, 15) is 9.59 Å². The van der Waals surface area contributed by atoms with Crippen molar-refractivity contribution in [1.82, 2.24) is 0 Å². The van der Waals surface area contributed by atoms with E-state index in [4.69, 9.17) is 18.6 Å². The summed E-state index contributed by atoms with van der Waals surface area (Å²) in [7, 11) is 1.58. The van der Waals surface area contributed by atoms with E-state index in [1.54, 1.807) is 19.2 Å². The lowest BCUT2D eigenvalue weighted by Crippen LogP contribution is -2.36. The summed E-state index contributed by atoms with van der Waals surface area (Å²) in [5.74, 6) is -0.226. The number of amides is 1. The van der Waals surface area contributed by atoms with Crippen LogP contribution in [0.3, 0.4) is 0 Å². The fraction of sp³-hybridized carbons (Fsp3) is 0.304. The van der Waals surface area contributed by atoms with Crippen LogP contribution in [0.1, 0.15) is 5.56 Å². The Kier molecular flexibility index (Phi) is 6.37. The number of esters is 1. The summed E-state index contributed by atoms with van der Waals surface area (Å²) in [4.78, 5) is 26.5. The maximum atomic E-state index is 12.2. The number of methoxy groups -OCH3 is 1. The van der Waals surface area contributed by atoms with Crippen molar-refractivity contribution in [3.8, 4) is 5.75 Å². The number of rotatable bonds is 7. The summed E-state index contributed by atoms with van der Waals surface area (Å²) >= 11 is 0. The fourth-order valence-corrected chi connectivity index (χ4v) is 3.45. The molecule has 0 bridgehead atoms. The summed E-state index contributed by atoms with van der Waals surface area (Å²) in [6.45, 7) is 2.77. The van der Waals surface area contributed by atoms with Crippen LogP contribution in [0.25, 0.3) is 11.0 Å². The Morgan fingerprint density at radius 2 is 1.87 bits per heavy atom. The summed E-state index contributed by atoms with van der Waals surface area (Å²) in [5, 5.41) is 3.54. The molecule has 0 unspecified atom stereocenters. The lowest BCUT2D eigenvalue weighted by atomic mass is 10.1. The van der Waals surface area contributed by atoms with Gasteiger partial charge in [0.25, 0.3) is 5.91 Å². The van der Waals surface area contributed by atoms with Gasteiger partial charge in [0, 0.05) is 41.5 Å². The molecule has 8 nitrogen and oxygen atoms in total. The van der Waals surface area contributed by atoms with Gasteiger partial charge in [0.1, 0.15) is 11.3 Å². The topological polar surface area (TPSA) is 90.2 Å². The predicted molar refractivity (Wildman–Crippen MR) is 116 cm³/mol. The molecule has 1 aliphatic rings. The van der Waals surface area contributed by atoms with Crippen molar-refractivity contribution in [3.63, 3.8) is 0 Å². The molecule has 3 aromatic rings. The summed E-state index contributed by atoms with van der Waals surface area (Å²) in [6, 6.07) is 12.9. The highest BCUT2D eigenvalue weighted by atomic mass is 16.5. The van der Waals surface area contributed by atoms with Crippen molar-refractivity contribution in [3.05, 3.63) is 54.3 Å². The molecule has 0 aliphatic carbocycles. The molecular formula is C23H24N2O6. The zero-order valence-electron chi connectivity index (χ0n) is 17.3. The molecule has 162 valence electrons. The van der Waals surface area contributed by atoms with Crippen molar-refractivity contribution >= 4 is 34.2 Å². The van der Waals surface area contributed by atoms with Crippen molar-refractivity contribution in [2.45, 2.75) is 6.42 Å². The highest BCUT2D eigenvalue weighted by molar-refractivity contribution is 5.93. The van der Waals surface area contributed by atoms with Crippen LogP contribution >= 0.6 is 0 Å². The maximum absolute atomic E-state index is 12.2. The number of hydrogen-bond acceptors (Lipinski definition) is 7. The van der Waals surface area contributed by atoms with E-state index in [1.807, 2.05) is 30.3 Å². The van der Waals surface area contributed by atoms with Gasteiger partial charge in [-0.3, -0.25) is 9.59 Å². The molecule has 1 aromatic heterocycles. The van der Waals surface area contributed by atoms with E-state index in [-0.39, 0.29) is 13.0 Å². The van der Waals surface area contributed by atoms with E-state index in [1.165, 1.54) is 6.26 Å². The van der Waals surface area contributed by atoms with E-state index in [0.717, 1.165) is 24.2 Å². The van der Waals surface area contributed by atoms with Crippen LogP contribution in [-0.2, 0) is 25.5 Å². The molecule has 4 rings (SSSR count). The first-order valence-electron chi connectivity index (χ1n) is 10.0. The zero-order valence-corrected chi connectivity index (χ0v) is 17.3. The average molecular weight is 424 g/mol. The van der Waals surface area contributed by atoms with E-state index in [2.05, 4.69) is 10.2 Å². The highest BCUT2D eigenvalue weighted by Gasteiger charge is 2.14. The first-order chi connectivity index (χ1) is 15.1. The lowest BCUT2D eigenvalue weighted by molar-refractivity contribution is -0.146. The molecule has 31 heavy (non-hydrogen) atoms. The van der Waals surface area contributed by atoms with Crippen LogP contribution in [0.5, 0.6) is 5.75 Å². The molecule has 2 aromatic carbocycles. The van der Waals surface area contributed by atoms with Crippen LogP contribution in [0.15, 0.2) is 53.1 Å². The van der Waals surface area contributed by atoms with E-state index < -0.39 is 11.9 Å². The Labute approximate surface area is 179 Å². The number of nitrogens with zero attached hydrogens (tertiary/aromatic N) is 1. The number of nitrogens with one attached hydrogen (secondary N) is 1. The molecule has 0 atom stereocenters. The molecule has 8 heteroatoms. The van der Waals surface area contributed by atoms with Crippen LogP contribution in [-0.4, -0.2) is 51.9 Å². The molecule has 0 saturated carbocycles. The van der Waals surface area contributed by atoms with Crippen LogP contribution in [0.2, 0.25) is 0 Å².